The van der Waals surface area contributed by atoms with Crippen LogP contribution in [0.3, 0.4) is 0 Å². The van der Waals surface area contributed by atoms with Crippen LogP contribution in [0.25, 0.3) is 0 Å². The minimum Gasteiger partial charge on any atom is -0.444 e. The van der Waals surface area contributed by atoms with Crippen LogP contribution in [0.2, 0.25) is 0 Å². The summed E-state index contributed by atoms with van der Waals surface area (Å²) in [4.78, 5) is 22.7. The van der Waals surface area contributed by atoms with Crippen LogP contribution >= 0.6 is 0 Å². The highest BCUT2D eigenvalue weighted by molar-refractivity contribution is 5.78. The third-order valence-electron chi connectivity index (χ3n) is 2.15. The van der Waals surface area contributed by atoms with E-state index in [2.05, 4.69) is 5.32 Å². The monoisotopic (exact) mass is 243 g/mol. The molecule has 0 aromatic rings. The lowest BCUT2D eigenvalue weighted by Gasteiger charge is -2.21. The summed E-state index contributed by atoms with van der Waals surface area (Å²) in [5.41, 5.74) is -0.484. The van der Waals surface area contributed by atoms with Crippen LogP contribution in [-0.4, -0.2) is 23.5 Å². The lowest BCUT2D eigenvalue weighted by Crippen LogP contribution is -2.37. The van der Waals surface area contributed by atoms with Crippen molar-refractivity contribution in [3.05, 3.63) is 0 Å². The first-order chi connectivity index (χ1) is 7.74. The summed E-state index contributed by atoms with van der Waals surface area (Å²) in [6.07, 6.45) is 2.27. The zero-order valence-corrected chi connectivity index (χ0v) is 11.6. The van der Waals surface area contributed by atoms with Crippen LogP contribution in [-0.2, 0) is 9.53 Å². The smallest absolute Gasteiger partial charge is 0.407 e. The largest absolute Gasteiger partial charge is 0.444 e. The maximum Gasteiger partial charge on any atom is 0.407 e. The van der Waals surface area contributed by atoms with E-state index in [1.807, 2.05) is 34.6 Å². The molecule has 0 spiro atoms. The van der Waals surface area contributed by atoms with E-state index in [-0.39, 0.29) is 11.8 Å². The molecule has 0 aromatic heterocycles. The van der Waals surface area contributed by atoms with Gasteiger partial charge in [-0.2, -0.15) is 0 Å². The molecular weight excluding hydrogens is 218 g/mol. The maximum atomic E-state index is 11.4. The lowest BCUT2D eigenvalue weighted by molar-refractivity contribution is -0.119. The highest BCUT2D eigenvalue weighted by Crippen LogP contribution is 2.08. The number of carbonyl (C=O) groups excluding carboxylic acids is 2. The Kier molecular flexibility index (Phi) is 6.85. The molecule has 1 N–H and O–H groups in total. The highest BCUT2D eigenvalue weighted by Gasteiger charge is 2.17. The summed E-state index contributed by atoms with van der Waals surface area (Å²) in [7, 11) is 0. The number of ketones is 1. The number of Topliss-reactive ketones (excluding diaryl/α,β-unsaturated/α-hetero) is 1. The molecule has 0 aliphatic heterocycles. The number of amides is 1. The van der Waals surface area contributed by atoms with Crippen molar-refractivity contribution in [3.8, 4) is 0 Å². The molecule has 0 radical (unpaired) electrons. The van der Waals surface area contributed by atoms with Crippen molar-refractivity contribution in [2.24, 2.45) is 0 Å². The van der Waals surface area contributed by atoms with E-state index in [1.165, 1.54) is 0 Å². The molecule has 0 fully saturated rings. The van der Waals surface area contributed by atoms with Crippen LogP contribution < -0.4 is 5.32 Å². The van der Waals surface area contributed by atoms with Crippen molar-refractivity contribution in [2.45, 2.75) is 71.9 Å². The molecule has 1 amide bonds. The van der Waals surface area contributed by atoms with Gasteiger partial charge in [-0.1, -0.05) is 6.92 Å². The Labute approximate surface area is 104 Å². The average Bonchev–Trinajstić information content (AvgIpc) is 2.12. The summed E-state index contributed by atoms with van der Waals surface area (Å²) < 4.78 is 5.13. The van der Waals surface area contributed by atoms with Crippen molar-refractivity contribution in [3.63, 3.8) is 0 Å². The molecule has 17 heavy (non-hydrogen) atoms. The Balaban J connectivity index is 3.82. The van der Waals surface area contributed by atoms with Gasteiger partial charge in [0, 0.05) is 18.9 Å². The number of ether oxygens (including phenoxy) is 1. The van der Waals surface area contributed by atoms with Gasteiger partial charge in [0.05, 0.1) is 0 Å². The molecule has 0 unspecified atom stereocenters. The lowest BCUT2D eigenvalue weighted by atomic mass is 10.1. The first kappa shape index (κ1) is 15.9. The van der Waals surface area contributed by atoms with Crippen LogP contribution in [0.1, 0.15) is 60.3 Å². The van der Waals surface area contributed by atoms with Crippen molar-refractivity contribution < 1.29 is 14.3 Å². The molecule has 100 valence electrons. The molecular formula is C13H25NO3. The number of hydrogen-bond acceptors (Lipinski definition) is 3. The van der Waals surface area contributed by atoms with Crippen LogP contribution in [0, 0.1) is 0 Å². The standard InChI is InChI=1S/C13H25NO3/c1-6-7-11(15)9-8-10(2)14-12(16)17-13(3,4)5/h10H,6-9H2,1-5H3,(H,14,16)/t10-/m0/s1. The number of nitrogens with one attached hydrogen (secondary N) is 1. The fourth-order valence-corrected chi connectivity index (χ4v) is 1.36. The van der Waals surface area contributed by atoms with Crippen LogP contribution in [0.4, 0.5) is 4.79 Å². The van der Waals surface area contributed by atoms with Gasteiger partial charge in [-0.3, -0.25) is 4.79 Å². The van der Waals surface area contributed by atoms with Crippen molar-refractivity contribution >= 4 is 11.9 Å². The molecule has 0 bridgehead atoms. The van der Waals surface area contributed by atoms with Gasteiger partial charge < -0.3 is 10.1 Å². The van der Waals surface area contributed by atoms with Crippen molar-refractivity contribution in [1.29, 1.82) is 0 Å². The molecule has 0 saturated carbocycles. The van der Waals surface area contributed by atoms with Crippen molar-refractivity contribution in [1.82, 2.24) is 5.32 Å². The van der Waals surface area contributed by atoms with E-state index >= 15 is 0 Å². The second kappa shape index (κ2) is 7.30. The topological polar surface area (TPSA) is 55.4 Å². The van der Waals surface area contributed by atoms with E-state index in [9.17, 15) is 9.59 Å². The molecule has 0 aliphatic carbocycles. The van der Waals surface area contributed by atoms with E-state index in [0.29, 0.717) is 19.3 Å². The molecule has 0 saturated heterocycles. The van der Waals surface area contributed by atoms with Crippen LogP contribution in [0.5, 0.6) is 0 Å². The number of hydrogen-bond donors (Lipinski definition) is 1. The van der Waals surface area contributed by atoms with Gasteiger partial charge in [0.2, 0.25) is 0 Å². The highest BCUT2D eigenvalue weighted by atomic mass is 16.6. The summed E-state index contributed by atoms with van der Waals surface area (Å²) in [5, 5.41) is 2.72. The van der Waals surface area contributed by atoms with E-state index in [0.717, 1.165) is 6.42 Å². The van der Waals surface area contributed by atoms with Gasteiger partial charge in [0.25, 0.3) is 0 Å². The molecule has 0 aliphatic rings. The average molecular weight is 243 g/mol. The predicted octanol–water partition coefficient (Wildman–Crippen LogP) is 3.05. The summed E-state index contributed by atoms with van der Waals surface area (Å²) in [6.45, 7) is 9.33. The quantitative estimate of drug-likeness (QED) is 0.780. The number of rotatable bonds is 6. The minimum atomic E-state index is -0.484. The number of carbonyl (C=O) groups is 2. The Morgan fingerprint density at radius 3 is 2.29 bits per heavy atom. The predicted molar refractivity (Wildman–Crippen MR) is 68.0 cm³/mol. The SMILES string of the molecule is CCCC(=O)CC[C@H](C)NC(=O)OC(C)(C)C. The second-order valence-electron chi connectivity index (χ2n) is 5.37. The van der Waals surface area contributed by atoms with Gasteiger partial charge in [0.1, 0.15) is 11.4 Å². The van der Waals surface area contributed by atoms with Crippen LogP contribution in [0.15, 0.2) is 0 Å². The van der Waals surface area contributed by atoms with Gasteiger partial charge in [-0.25, -0.2) is 4.79 Å². The summed E-state index contributed by atoms with van der Waals surface area (Å²) in [5.74, 6) is 0.255. The first-order valence-electron chi connectivity index (χ1n) is 6.25. The Hall–Kier alpha value is -1.06. The van der Waals surface area contributed by atoms with Gasteiger partial charge in [-0.15, -0.1) is 0 Å². The zero-order chi connectivity index (χ0) is 13.5. The summed E-state index contributed by atoms with van der Waals surface area (Å²) >= 11 is 0. The normalized spacial score (nSPS) is 13.0. The fraction of sp³-hybridized carbons (Fsp3) is 0.846. The maximum absolute atomic E-state index is 11.4. The third-order valence-corrected chi connectivity index (χ3v) is 2.15. The van der Waals surface area contributed by atoms with E-state index in [1.54, 1.807) is 0 Å². The van der Waals surface area contributed by atoms with E-state index < -0.39 is 11.7 Å². The molecule has 0 aromatic carbocycles. The number of alkyl carbamates (subject to hydrolysis) is 1. The minimum absolute atomic E-state index is 0.0364. The fourth-order valence-electron chi connectivity index (χ4n) is 1.36. The third kappa shape index (κ3) is 9.85. The summed E-state index contributed by atoms with van der Waals surface area (Å²) in [6, 6.07) is -0.0364. The Bertz CT molecular complexity index is 256. The van der Waals surface area contributed by atoms with Gasteiger partial charge >= 0.3 is 6.09 Å². The van der Waals surface area contributed by atoms with Crippen molar-refractivity contribution in [2.75, 3.05) is 0 Å². The molecule has 4 heteroatoms. The zero-order valence-electron chi connectivity index (χ0n) is 11.6. The second-order valence-corrected chi connectivity index (χ2v) is 5.37. The molecule has 0 heterocycles. The molecule has 4 nitrogen and oxygen atoms in total. The van der Waals surface area contributed by atoms with Gasteiger partial charge in [-0.05, 0) is 40.5 Å². The Morgan fingerprint density at radius 1 is 1.24 bits per heavy atom. The molecule has 0 rings (SSSR count). The molecule has 1 atom stereocenters. The van der Waals surface area contributed by atoms with E-state index in [4.69, 9.17) is 4.74 Å². The first-order valence-corrected chi connectivity index (χ1v) is 6.25. The Morgan fingerprint density at radius 2 is 1.82 bits per heavy atom. The van der Waals surface area contributed by atoms with Gasteiger partial charge in [0.15, 0.2) is 0 Å².